The Hall–Kier alpha value is -1.36. The van der Waals surface area contributed by atoms with E-state index in [9.17, 15) is 4.79 Å². The summed E-state index contributed by atoms with van der Waals surface area (Å²) in [5.74, 6) is 0.990. The molecule has 0 aliphatic rings. The third kappa shape index (κ3) is 6.96. The van der Waals surface area contributed by atoms with E-state index in [1.54, 1.807) is 6.20 Å². The summed E-state index contributed by atoms with van der Waals surface area (Å²) in [4.78, 5) is 11.8. The molecule has 0 bridgehead atoms. The molecule has 5 nitrogen and oxygen atoms in total. The van der Waals surface area contributed by atoms with E-state index in [1.165, 1.54) is 0 Å². The fourth-order valence-electron chi connectivity index (χ4n) is 2.17. The summed E-state index contributed by atoms with van der Waals surface area (Å²) >= 11 is 0. The molecular weight excluding hydrogens is 240 g/mol. The maximum Gasteiger partial charge on any atom is 0.220 e. The number of carbonyl (C=O) groups excluding carboxylic acids is 1. The van der Waals surface area contributed by atoms with Gasteiger partial charge in [-0.2, -0.15) is 5.10 Å². The van der Waals surface area contributed by atoms with Crippen molar-refractivity contribution in [3.63, 3.8) is 0 Å². The van der Waals surface area contributed by atoms with Crippen molar-refractivity contribution < 1.29 is 4.79 Å². The van der Waals surface area contributed by atoms with Gasteiger partial charge in [-0.1, -0.05) is 13.8 Å². The van der Waals surface area contributed by atoms with Gasteiger partial charge in [0.2, 0.25) is 5.91 Å². The average Bonchev–Trinajstić information content (AvgIpc) is 2.86. The largest absolute Gasteiger partial charge is 0.356 e. The van der Waals surface area contributed by atoms with Gasteiger partial charge < -0.3 is 11.1 Å². The normalized spacial score (nSPS) is 12.6. The van der Waals surface area contributed by atoms with E-state index in [0.29, 0.717) is 31.3 Å². The van der Waals surface area contributed by atoms with E-state index in [1.807, 2.05) is 16.9 Å². The predicted molar refractivity (Wildman–Crippen MR) is 76.5 cm³/mol. The van der Waals surface area contributed by atoms with E-state index in [2.05, 4.69) is 24.3 Å². The lowest BCUT2D eigenvalue weighted by atomic mass is 9.94. The number of rotatable bonds is 9. The molecule has 108 valence electrons. The number of hydrogen-bond acceptors (Lipinski definition) is 3. The molecule has 0 aliphatic carbocycles. The molecule has 0 spiro atoms. The van der Waals surface area contributed by atoms with Crippen LogP contribution in [0.2, 0.25) is 0 Å². The number of carbonyl (C=O) groups is 1. The zero-order valence-electron chi connectivity index (χ0n) is 12.0. The first kappa shape index (κ1) is 15.7. The van der Waals surface area contributed by atoms with E-state index >= 15 is 0 Å². The van der Waals surface area contributed by atoms with Crippen molar-refractivity contribution in [3.05, 3.63) is 18.5 Å². The smallest absolute Gasteiger partial charge is 0.220 e. The number of amides is 1. The highest BCUT2D eigenvalue weighted by Crippen LogP contribution is 2.13. The number of hydrogen-bond donors (Lipinski definition) is 2. The molecule has 5 heteroatoms. The summed E-state index contributed by atoms with van der Waals surface area (Å²) in [6.07, 6.45) is 6.13. The Balaban J connectivity index is 2.12. The first-order chi connectivity index (χ1) is 9.11. The fraction of sp³-hybridized carbons (Fsp3) is 0.714. The monoisotopic (exact) mass is 266 g/mol. The van der Waals surface area contributed by atoms with Crippen molar-refractivity contribution in [2.75, 3.05) is 13.1 Å². The molecule has 0 saturated carbocycles. The van der Waals surface area contributed by atoms with Crippen LogP contribution < -0.4 is 11.1 Å². The minimum absolute atomic E-state index is 0.108. The van der Waals surface area contributed by atoms with Crippen LogP contribution in [0.4, 0.5) is 0 Å². The van der Waals surface area contributed by atoms with Crippen LogP contribution in [0, 0.1) is 11.8 Å². The molecule has 1 rings (SSSR count). The van der Waals surface area contributed by atoms with E-state index in [0.717, 1.165) is 19.4 Å². The summed E-state index contributed by atoms with van der Waals surface area (Å²) in [6, 6.07) is 1.90. The maximum absolute atomic E-state index is 11.8. The summed E-state index contributed by atoms with van der Waals surface area (Å²) < 4.78 is 1.87. The minimum Gasteiger partial charge on any atom is -0.356 e. The van der Waals surface area contributed by atoms with Crippen LogP contribution in [0.25, 0.3) is 0 Å². The number of nitrogens with one attached hydrogen (secondary N) is 1. The average molecular weight is 266 g/mol. The summed E-state index contributed by atoms with van der Waals surface area (Å²) in [6.45, 7) is 6.42. The molecule has 0 saturated heterocycles. The van der Waals surface area contributed by atoms with Crippen LogP contribution >= 0.6 is 0 Å². The van der Waals surface area contributed by atoms with Crippen LogP contribution in [-0.4, -0.2) is 28.8 Å². The van der Waals surface area contributed by atoms with Crippen LogP contribution in [0.3, 0.4) is 0 Å². The molecule has 19 heavy (non-hydrogen) atoms. The fourth-order valence-corrected chi connectivity index (χ4v) is 2.17. The third-order valence-corrected chi connectivity index (χ3v) is 3.06. The van der Waals surface area contributed by atoms with Crippen molar-refractivity contribution in [2.24, 2.45) is 17.6 Å². The third-order valence-electron chi connectivity index (χ3n) is 3.06. The summed E-state index contributed by atoms with van der Waals surface area (Å²) in [5.41, 5.74) is 5.70. The second kappa shape index (κ2) is 8.69. The van der Waals surface area contributed by atoms with Gasteiger partial charge in [0.05, 0.1) is 0 Å². The van der Waals surface area contributed by atoms with Gasteiger partial charge in [0, 0.05) is 31.9 Å². The van der Waals surface area contributed by atoms with Gasteiger partial charge in [-0.25, -0.2) is 0 Å². The number of aromatic nitrogens is 2. The van der Waals surface area contributed by atoms with Crippen LogP contribution in [0.1, 0.15) is 33.1 Å². The first-order valence-electron chi connectivity index (χ1n) is 7.06. The number of nitrogens with two attached hydrogens (primary N) is 1. The predicted octanol–water partition coefficient (Wildman–Crippen LogP) is 1.40. The van der Waals surface area contributed by atoms with Gasteiger partial charge >= 0.3 is 0 Å². The second-order valence-corrected chi connectivity index (χ2v) is 5.41. The SMILES string of the molecule is CC(C)C[C@H](CN)CC(=O)NCCCn1cccn1. The highest BCUT2D eigenvalue weighted by molar-refractivity contribution is 5.76. The minimum atomic E-state index is 0.108. The molecule has 0 unspecified atom stereocenters. The molecule has 1 atom stereocenters. The van der Waals surface area contributed by atoms with Gasteiger partial charge in [-0.3, -0.25) is 9.48 Å². The Morgan fingerprint density at radius 1 is 1.47 bits per heavy atom. The Morgan fingerprint density at radius 3 is 2.84 bits per heavy atom. The van der Waals surface area contributed by atoms with Crippen molar-refractivity contribution in [1.29, 1.82) is 0 Å². The summed E-state index contributed by atoms with van der Waals surface area (Å²) in [5, 5.41) is 7.06. The zero-order chi connectivity index (χ0) is 14.1. The van der Waals surface area contributed by atoms with E-state index in [4.69, 9.17) is 5.73 Å². The topological polar surface area (TPSA) is 72.9 Å². The number of nitrogens with zero attached hydrogens (tertiary/aromatic N) is 2. The molecule has 0 fully saturated rings. The van der Waals surface area contributed by atoms with Crippen LogP contribution in [-0.2, 0) is 11.3 Å². The van der Waals surface area contributed by atoms with Crippen molar-refractivity contribution in [2.45, 2.75) is 39.7 Å². The van der Waals surface area contributed by atoms with Crippen molar-refractivity contribution in [3.8, 4) is 0 Å². The van der Waals surface area contributed by atoms with Gasteiger partial charge in [0.25, 0.3) is 0 Å². The van der Waals surface area contributed by atoms with Crippen LogP contribution in [0.5, 0.6) is 0 Å². The maximum atomic E-state index is 11.8. The van der Waals surface area contributed by atoms with Gasteiger partial charge in [0.15, 0.2) is 0 Å². The lowest BCUT2D eigenvalue weighted by Crippen LogP contribution is -2.30. The Morgan fingerprint density at radius 2 is 2.26 bits per heavy atom. The van der Waals surface area contributed by atoms with Crippen molar-refractivity contribution in [1.82, 2.24) is 15.1 Å². The standard InChI is InChI=1S/C14H26N4O/c1-12(2)9-13(11-15)10-14(19)16-5-3-7-18-8-4-6-17-18/h4,6,8,12-13H,3,5,7,9-11,15H2,1-2H3,(H,16,19)/t13-/m0/s1. The first-order valence-corrected chi connectivity index (χ1v) is 7.06. The molecule has 1 amide bonds. The molecule has 0 aromatic carbocycles. The molecular formula is C14H26N4O. The van der Waals surface area contributed by atoms with E-state index < -0.39 is 0 Å². The molecule has 1 heterocycles. The highest BCUT2D eigenvalue weighted by Gasteiger charge is 2.13. The second-order valence-electron chi connectivity index (χ2n) is 5.41. The Kier molecular flexibility index (Phi) is 7.18. The summed E-state index contributed by atoms with van der Waals surface area (Å²) in [7, 11) is 0. The molecule has 0 radical (unpaired) electrons. The molecule has 0 aliphatic heterocycles. The Labute approximate surface area is 115 Å². The van der Waals surface area contributed by atoms with Gasteiger partial charge in [-0.05, 0) is 37.3 Å². The van der Waals surface area contributed by atoms with Gasteiger partial charge in [-0.15, -0.1) is 0 Å². The highest BCUT2D eigenvalue weighted by atomic mass is 16.1. The Bertz CT molecular complexity index is 348. The lowest BCUT2D eigenvalue weighted by molar-refractivity contribution is -0.122. The quantitative estimate of drug-likeness (QED) is 0.664. The van der Waals surface area contributed by atoms with Gasteiger partial charge in [0.1, 0.15) is 0 Å². The molecule has 1 aromatic heterocycles. The van der Waals surface area contributed by atoms with Crippen LogP contribution in [0.15, 0.2) is 18.5 Å². The molecule has 3 N–H and O–H groups in total. The number of aryl methyl sites for hydroxylation is 1. The zero-order valence-corrected chi connectivity index (χ0v) is 12.0. The van der Waals surface area contributed by atoms with E-state index in [-0.39, 0.29) is 5.91 Å². The van der Waals surface area contributed by atoms with Crippen molar-refractivity contribution >= 4 is 5.91 Å². The lowest BCUT2D eigenvalue weighted by Gasteiger charge is -2.16. The molecule has 1 aromatic rings.